The van der Waals surface area contributed by atoms with Crippen molar-refractivity contribution in [1.82, 2.24) is 14.8 Å². The van der Waals surface area contributed by atoms with E-state index in [9.17, 15) is 14.4 Å². The van der Waals surface area contributed by atoms with E-state index in [0.717, 1.165) is 30.6 Å². The lowest BCUT2D eigenvalue weighted by atomic mass is 10.1. The maximum atomic E-state index is 12.8. The molecule has 0 bridgehead atoms. The van der Waals surface area contributed by atoms with E-state index in [0.29, 0.717) is 17.3 Å². The van der Waals surface area contributed by atoms with E-state index < -0.39 is 11.9 Å². The van der Waals surface area contributed by atoms with Crippen molar-refractivity contribution in [3.05, 3.63) is 51.4 Å². The first-order chi connectivity index (χ1) is 13.5. The predicted octanol–water partition coefficient (Wildman–Crippen LogP) is 3.08. The second-order valence-electron chi connectivity index (χ2n) is 6.10. The molecule has 0 spiro atoms. The van der Waals surface area contributed by atoms with Crippen LogP contribution in [0.15, 0.2) is 35.3 Å². The SMILES string of the molecule is CCCCCn1nc(C(=O)Nc2ncc(C(=O)OC)s2)c2ccccc2c1=O. The maximum absolute atomic E-state index is 12.8. The van der Waals surface area contributed by atoms with Crippen LogP contribution in [0.25, 0.3) is 10.8 Å². The molecule has 3 aromatic rings. The fourth-order valence-electron chi connectivity index (χ4n) is 2.75. The highest BCUT2D eigenvalue weighted by Gasteiger charge is 2.19. The van der Waals surface area contributed by atoms with Crippen LogP contribution in [0.2, 0.25) is 0 Å². The van der Waals surface area contributed by atoms with Gasteiger partial charge in [-0.3, -0.25) is 14.9 Å². The second-order valence-corrected chi connectivity index (χ2v) is 7.14. The molecule has 0 unspecified atom stereocenters. The molecule has 3 rings (SSSR count). The van der Waals surface area contributed by atoms with Crippen molar-refractivity contribution in [3.63, 3.8) is 0 Å². The van der Waals surface area contributed by atoms with E-state index in [-0.39, 0.29) is 21.3 Å². The molecular weight excluding hydrogens is 380 g/mol. The van der Waals surface area contributed by atoms with Gasteiger partial charge in [-0.1, -0.05) is 49.3 Å². The summed E-state index contributed by atoms with van der Waals surface area (Å²) in [7, 11) is 1.28. The van der Waals surface area contributed by atoms with Crippen LogP contribution in [-0.4, -0.2) is 33.8 Å². The number of methoxy groups -OCH3 is 1. The number of benzene rings is 1. The van der Waals surface area contributed by atoms with Crippen molar-refractivity contribution in [2.45, 2.75) is 32.7 Å². The zero-order valence-electron chi connectivity index (χ0n) is 15.6. The lowest BCUT2D eigenvalue weighted by Gasteiger charge is -2.10. The highest BCUT2D eigenvalue weighted by atomic mass is 32.1. The summed E-state index contributed by atoms with van der Waals surface area (Å²) in [5.41, 5.74) is -0.0769. The van der Waals surface area contributed by atoms with Gasteiger partial charge in [-0.2, -0.15) is 5.10 Å². The van der Waals surface area contributed by atoms with Crippen molar-refractivity contribution in [2.24, 2.45) is 0 Å². The number of aryl methyl sites for hydroxylation is 1. The maximum Gasteiger partial charge on any atom is 0.349 e. The summed E-state index contributed by atoms with van der Waals surface area (Å²) in [5, 5.41) is 8.11. The van der Waals surface area contributed by atoms with Gasteiger partial charge in [-0.15, -0.1) is 0 Å². The predicted molar refractivity (Wildman–Crippen MR) is 107 cm³/mol. The number of ether oxygens (including phenoxy) is 1. The summed E-state index contributed by atoms with van der Waals surface area (Å²) in [6.45, 7) is 2.52. The number of nitrogens with one attached hydrogen (secondary N) is 1. The van der Waals surface area contributed by atoms with Gasteiger partial charge in [0.05, 0.1) is 18.7 Å². The van der Waals surface area contributed by atoms with Crippen LogP contribution in [0.3, 0.4) is 0 Å². The first-order valence-corrected chi connectivity index (χ1v) is 9.72. The molecule has 1 aromatic carbocycles. The zero-order chi connectivity index (χ0) is 20.1. The Morgan fingerprint density at radius 1 is 1.21 bits per heavy atom. The number of hydrogen-bond acceptors (Lipinski definition) is 7. The van der Waals surface area contributed by atoms with Gasteiger partial charge >= 0.3 is 5.97 Å². The topological polar surface area (TPSA) is 103 Å². The van der Waals surface area contributed by atoms with Gasteiger partial charge in [0.25, 0.3) is 11.5 Å². The van der Waals surface area contributed by atoms with Crippen molar-refractivity contribution < 1.29 is 14.3 Å². The molecule has 0 fully saturated rings. The van der Waals surface area contributed by atoms with E-state index in [1.807, 2.05) is 0 Å². The molecule has 0 saturated heterocycles. The zero-order valence-corrected chi connectivity index (χ0v) is 16.4. The molecule has 146 valence electrons. The highest BCUT2D eigenvalue weighted by molar-refractivity contribution is 7.17. The number of aromatic nitrogens is 3. The highest BCUT2D eigenvalue weighted by Crippen LogP contribution is 2.21. The number of carbonyl (C=O) groups is 2. The van der Waals surface area contributed by atoms with Crippen molar-refractivity contribution in [3.8, 4) is 0 Å². The largest absolute Gasteiger partial charge is 0.465 e. The average Bonchev–Trinajstić information content (AvgIpc) is 3.17. The molecular formula is C19H20N4O4S. The van der Waals surface area contributed by atoms with Gasteiger partial charge in [-0.05, 0) is 12.5 Å². The molecule has 8 nitrogen and oxygen atoms in total. The number of esters is 1. The van der Waals surface area contributed by atoms with Crippen LogP contribution in [0.5, 0.6) is 0 Å². The molecule has 0 atom stereocenters. The Kier molecular flexibility index (Phi) is 6.15. The summed E-state index contributed by atoms with van der Waals surface area (Å²) in [6.07, 6.45) is 4.13. The van der Waals surface area contributed by atoms with Gasteiger partial charge in [0.2, 0.25) is 0 Å². The third-order valence-corrected chi connectivity index (χ3v) is 5.06. The van der Waals surface area contributed by atoms with Gasteiger partial charge < -0.3 is 4.74 Å². The average molecular weight is 400 g/mol. The monoisotopic (exact) mass is 400 g/mol. The Labute approximate surface area is 165 Å². The normalized spacial score (nSPS) is 10.8. The third kappa shape index (κ3) is 4.09. The van der Waals surface area contributed by atoms with Gasteiger partial charge in [-0.25, -0.2) is 14.5 Å². The first-order valence-electron chi connectivity index (χ1n) is 8.90. The number of unbranched alkanes of at least 4 members (excludes halogenated alkanes) is 2. The van der Waals surface area contributed by atoms with Crippen LogP contribution in [0.1, 0.15) is 46.3 Å². The Morgan fingerprint density at radius 3 is 2.68 bits per heavy atom. The Balaban J connectivity index is 1.95. The molecule has 28 heavy (non-hydrogen) atoms. The second kappa shape index (κ2) is 8.75. The summed E-state index contributed by atoms with van der Waals surface area (Å²) < 4.78 is 5.98. The number of thiazole rings is 1. The van der Waals surface area contributed by atoms with Crippen LogP contribution >= 0.6 is 11.3 Å². The molecule has 0 saturated carbocycles. The molecule has 2 aromatic heterocycles. The number of rotatable bonds is 7. The molecule has 0 aliphatic carbocycles. The van der Waals surface area contributed by atoms with E-state index in [2.05, 4.69) is 27.1 Å². The first kappa shape index (κ1) is 19.7. The van der Waals surface area contributed by atoms with Crippen LogP contribution in [-0.2, 0) is 11.3 Å². The molecule has 1 amide bonds. The summed E-state index contributed by atoms with van der Waals surface area (Å²) in [4.78, 5) is 41.4. The van der Waals surface area contributed by atoms with Crippen LogP contribution < -0.4 is 10.9 Å². The lowest BCUT2D eigenvalue weighted by molar-refractivity contribution is 0.0606. The van der Waals surface area contributed by atoms with Gasteiger partial charge in [0.15, 0.2) is 10.8 Å². The Hall–Kier alpha value is -3.07. The van der Waals surface area contributed by atoms with Crippen molar-refractivity contribution in [1.29, 1.82) is 0 Å². The number of nitrogens with zero attached hydrogens (tertiary/aromatic N) is 3. The quantitative estimate of drug-likeness (QED) is 0.483. The Morgan fingerprint density at radius 2 is 1.96 bits per heavy atom. The third-order valence-electron chi connectivity index (χ3n) is 4.17. The minimum atomic E-state index is -0.522. The summed E-state index contributed by atoms with van der Waals surface area (Å²) in [6, 6.07) is 6.88. The fraction of sp³-hybridized carbons (Fsp3) is 0.316. The fourth-order valence-corrected chi connectivity index (χ4v) is 3.48. The standard InChI is InChI=1S/C19H20N4O4S/c1-3-4-7-10-23-17(25)13-9-6-5-8-12(13)15(22-23)16(24)21-19-20-11-14(28-19)18(26)27-2/h5-6,8-9,11H,3-4,7,10H2,1-2H3,(H,20,21,24). The molecule has 0 radical (unpaired) electrons. The minimum absolute atomic E-state index is 0.140. The van der Waals surface area contributed by atoms with Crippen LogP contribution in [0, 0.1) is 0 Å². The number of hydrogen-bond donors (Lipinski definition) is 1. The molecule has 0 aliphatic heterocycles. The minimum Gasteiger partial charge on any atom is -0.465 e. The van der Waals surface area contributed by atoms with Crippen molar-refractivity contribution >= 4 is 39.1 Å². The smallest absolute Gasteiger partial charge is 0.349 e. The molecule has 0 aliphatic rings. The molecule has 9 heteroatoms. The van der Waals surface area contributed by atoms with E-state index in [1.54, 1.807) is 24.3 Å². The number of carbonyl (C=O) groups excluding carboxylic acids is 2. The lowest BCUT2D eigenvalue weighted by Crippen LogP contribution is -2.27. The number of anilines is 1. The summed E-state index contributed by atoms with van der Waals surface area (Å²) in [5.74, 6) is -1.02. The van der Waals surface area contributed by atoms with Crippen molar-refractivity contribution in [2.75, 3.05) is 12.4 Å². The van der Waals surface area contributed by atoms with E-state index >= 15 is 0 Å². The molecule has 2 heterocycles. The van der Waals surface area contributed by atoms with Crippen LogP contribution in [0.4, 0.5) is 5.13 Å². The van der Waals surface area contributed by atoms with E-state index in [1.165, 1.54) is 18.0 Å². The van der Waals surface area contributed by atoms with Gasteiger partial charge in [0, 0.05) is 11.9 Å². The summed E-state index contributed by atoms with van der Waals surface area (Å²) >= 11 is 1.00. The number of amides is 1. The Bertz CT molecular complexity index is 1070. The molecule has 1 N–H and O–H groups in total. The van der Waals surface area contributed by atoms with E-state index in [4.69, 9.17) is 0 Å². The number of fused-ring (bicyclic) bond motifs is 1. The van der Waals surface area contributed by atoms with Gasteiger partial charge in [0.1, 0.15) is 4.88 Å².